The molecular weight excluding hydrogens is 376 g/mol. The molecule has 4 aromatic rings. The van der Waals surface area contributed by atoms with E-state index in [2.05, 4.69) is 15.4 Å². The topological polar surface area (TPSA) is 76.9 Å². The molecule has 0 aliphatic carbocycles. The minimum Gasteiger partial charge on any atom is -0.324 e. The van der Waals surface area contributed by atoms with Gasteiger partial charge in [0.2, 0.25) is 5.91 Å². The first-order chi connectivity index (χ1) is 14.6. The second kappa shape index (κ2) is 8.53. The highest BCUT2D eigenvalue weighted by Gasteiger charge is 2.16. The molecule has 0 saturated heterocycles. The first-order valence-corrected chi connectivity index (χ1v) is 9.57. The number of amides is 1. The number of para-hydroxylation sites is 1. The number of carbonyl (C=O) groups is 1. The van der Waals surface area contributed by atoms with Gasteiger partial charge in [-0.1, -0.05) is 78.9 Å². The van der Waals surface area contributed by atoms with Crippen molar-refractivity contribution in [1.82, 2.24) is 14.8 Å². The minimum atomic E-state index is -0.575. The quantitative estimate of drug-likeness (QED) is 0.555. The Hall–Kier alpha value is -4.06. The molecule has 0 fully saturated rings. The number of nitrogens with zero attached hydrogens (tertiary/aromatic N) is 3. The Morgan fingerprint density at radius 2 is 1.40 bits per heavy atom. The minimum absolute atomic E-state index is 0.227. The maximum Gasteiger partial charge on any atom is 0.365 e. The van der Waals surface area contributed by atoms with Gasteiger partial charge in [-0.2, -0.15) is 10.1 Å². The van der Waals surface area contributed by atoms with E-state index in [9.17, 15) is 9.59 Å². The van der Waals surface area contributed by atoms with Crippen LogP contribution in [0.5, 0.6) is 0 Å². The van der Waals surface area contributed by atoms with Gasteiger partial charge in [-0.15, -0.1) is 0 Å². The number of nitrogens with one attached hydrogen (secondary N) is 1. The first-order valence-electron chi connectivity index (χ1n) is 9.57. The Labute approximate surface area is 173 Å². The number of hydrogen-bond acceptors (Lipinski definition) is 4. The van der Waals surface area contributed by atoms with E-state index in [1.165, 1.54) is 0 Å². The SMILES string of the molecule is Cc1ccccc1NC(=O)Cn1nc(-c2ccccc2)c(-c2ccccc2)nc1=O. The van der Waals surface area contributed by atoms with Gasteiger partial charge in [0.25, 0.3) is 0 Å². The molecule has 4 rings (SSSR count). The molecule has 3 aromatic carbocycles. The average molecular weight is 396 g/mol. The predicted molar refractivity (Wildman–Crippen MR) is 117 cm³/mol. The summed E-state index contributed by atoms with van der Waals surface area (Å²) in [5, 5.41) is 7.33. The lowest BCUT2D eigenvalue weighted by Gasteiger charge is -2.12. The van der Waals surface area contributed by atoms with E-state index in [0.717, 1.165) is 21.4 Å². The van der Waals surface area contributed by atoms with Crippen molar-refractivity contribution in [3.63, 3.8) is 0 Å². The lowest BCUT2D eigenvalue weighted by molar-refractivity contribution is -0.117. The molecule has 6 heteroatoms. The summed E-state index contributed by atoms with van der Waals surface area (Å²) in [6.45, 7) is 1.68. The van der Waals surface area contributed by atoms with Crippen LogP contribution < -0.4 is 11.0 Å². The van der Waals surface area contributed by atoms with Crippen molar-refractivity contribution >= 4 is 11.6 Å². The maximum absolute atomic E-state index is 12.7. The molecule has 0 atom stereocenters. The fourth-order valence-electron chi connectivity index (χ4n) is 3.15. The monoisotopic (exact) mass is 396 g/mol. The average Bonchev–Trinajstić information content (AvgIpc) is 2.78. The zero-order chi connectivity index (χ0) is 20.9. The molecule has 0 unspecified atom stereocenters. The smallest absolute Gasteiger partial charge is 0.324 e. The standard InChI is InChI=1S/C24H20N4O2/c1-17-10-8-9-15-20(17)25-21(29)16-28-24(30)26-22(18-11-4-2-5-12-18)23(27-28)19-13-6-3-7-14-19/h2-15H,16H2,1H3,(H,25,29). The van der Waals surface area contributed by atoms with Crippen LogP contribution in [-0.4, -0.2) is 20.7 Å². The Kier molecular flexibility index (Phi) is 5.48. The number of rotatable bonds is 5. The normalized spacial score (nSPS) is 10.6. The third kappa shape index (κ3) is 4.17. The largest absolute Gasteiger partial charge is 0.365 e. The van der Waals surface area contributed by atoms with Crippen molar-refractivity contribution in [2.45, 2.75) is 13.5 Å². The van der Waals surface area contributed by atoms with E-state index in [1.807, 2.05) is 91.9 Å². The highest BCUT2D eigenvalue weighted by molar-refractivity contribution is 5.91. The van der Waals surface area contributed by atoms with E-state index in [-0.39, 0.29) is 12.5 Å². The van der Waals surface area contributed by atoms with Crippen molar-refractivity contribution < 1.29 is 4.79 Å². The van der Waals surface area contributed by atoms with Crippen molar-refractivity contribution in [3.05, 3.63) is 101 Å². The van der Waals surface area contributed by atoms with Crippen LogP contribution in [0.4, 0.5) is 5.69 Å². The van der Waals surface area contributed by atoms with Crippen LogP contribution in [0.2, 0.25) is 0 Å². The number of anilines is 1. The van der Waals surface area contributed by atoms with Gasteiger partial charge in [-0.25, -0.2) is 9.48 Å². The molecule has 6 nitrogen and oxygen atoms in total. The summed E-state index contributed by atoms with van der Waals surface area (Å²) in [5.74, 6) is -0.341. The van der Waals surface area contributed by atoms with Gasteiger partial charge in [0.15, 0.2) is 0 Å². The number of carbonyl (C=O) groups excluding carboxylic acids is 1. The van der Waals surface area contributed by atoms with Crippen molar-refractivity contribution in [2.75, 3.05) is 5.32 Å². The molecule has 0 bridgehead atoms. The van der Waals surface area contributed by atoms with Crippen LogP contribution in [0.25, 0.3) is 22.5 Å². The van der Waals surface area contributed by atoms with E-state index in [1.54, 1.807) is 0 Å². The molecule has 0 saturated carbocycles. The van der Waals surface area contributed by atoms with E-state index in [4.69, 9.17) is 0 Å². The fourth-order valence-corrected chi connectivity index (χ4v) is 3.15. The van der Waals surface area contributed by atoms with Gasteiger partial charge >= 0.3 is 5.69 Å². The van der Waals surface area contributed by atoms with Gasteiger partial charge in [-0.05, 0) is 18.6 Å². The second-order valence-electron chi connectivity index (χ2n) is 6.84. The van der Waals surface area contributed by atoms with Crippen LogP contribution in [-0.2, 0) is 11.3 Å². The second-order valence-corrected chi connectivity index (χ2v) is 6.84. The Balaban J connectivity index is 1.72. The van der Waals surface area contributed by atoms with E-state index >= 15 is 0 Å². The summed E-state index contributed by atoms with van der Waals surface area (Å²) in [5.41, 5.74) is 3.71. The van der Waals surface area contributed by atoms with Gasteiger partial charge in [0.05, 0.1) is 0 Å². The predicted octanol–water partition coefficient (Wildman–Crippen LogP) is 3.92. The summed E-state index contributed by atoms with van der Waals surface area (Å²) >= 11 is 0. The molecule has 0 spiro atoms. The van der Waals surface area contributed by atoms with Crippen molar-refractivity contribution in [3.8, 4) is 22.5 Å². The van der Waals surface area contributed by atoms with Crippen LogP contribution in [0, 0.1) is 6.92 Å². The van der Waals surface area contributed by atoms with Crippen LogP contribution in [0.15, 0.2) is 89.7 Å². The maximum atomic E-state index is 12.7. The van der Waals surface area contributed by atoms with Crippen molar-refractivity contribution in [1.29, 1.82) is 0 Å². The highest BCUT2D eigenvalue weighted by Crippen LogP contribution is 2.27. The number of aromatic nitrogens is 3. The summed E-state index contributed by atoms with van der Waals surface area (Å²) in [4.78, 5) is 29.5. The summed E-state index contributed by atoms with van der Waals surface area (Å²) < 4.78 is 1.10. The Bertz CT molecular complexity index is 1240. The Morgan fingerprint density at radius 3 is 2.03 bits per heavy atom. The molecular formula is C24H20N4O2. The van der Waals surface area contributed by atoms with Crippen LogP contribution >= 0.6 is 0 Å². The van der Waals surface area contributed by atoms with Gasteiger partial charge in [-0.3, -0.25) is 4.79 Å². The lowest BCUT2D eigenvalue weighted by atomic mass is 10.0. The molecule has 148 valence electrons. The van der Waals surface area contributed by atoms with Crippen molar-refractivity contribution in [2.24, 2.45) is 0 Å². The zero-order valence-corrected chi connectivity index (χ0v) is 16.4. The summed E-state index contributed by atoms with van der Waals surface area (Å²) in [6.07, 6.45) is 0. The fraction of sp³-hybridized carbons (Fsp3) is 0.0833. The van der Waals surface area contributed by atoms with E-state index < -0.39 is 5.69 Å². The third-order valence-electron chi connectivity index (χ3n) is 4.68. The Morgan fingerprint density at radius 1 is 0.833 bits per heavy atom. The van der Waals surface area contributed by atoms with Crippen LogP contribution in [0.3, 0.4) is 0 Å². The van der Waals surface area contributed by atoms with Crippen LogP contribution in [0.1, 0.15) is 5.56 Å². The summed E-state index contributed by atoms with van der Waals surface area (Å²) in [6, 6.07) is 26.4. The molecule has 1 aromatic heterocycles. The molecule has 30 heavy (non-hydrogen) atoms. The third-order valence-corrected chi connectivity index (χ3v) is 4.68. The number of benzene rings is 3. The van der Waals surface area contributed by atoms with Gasteiger partial charge in [0.1, 0.15) is 17.9 Å². The summed E-state index contributed by atoms with van der Waals surface area (Å²) in [7, 11) is 0. The highest BCUT2D eigenvalue weighted by atomic mass is 16.2. The molecule has 1 N–H and O–H groups in total. The first kappa shape index (κ1) is 19.3. The van der Waals surface area contributed by atoms with Gasteiger partial charge < -0.3 is 5.32 Å². The number of hydrogen-bond donors (Lipinski definition) is 1. The molecule has 0 radical (unpaired) electrons. The number of aryl methyl sites for hydroxylation is 1. The molecule has 1 amide bonds. The lowest BCUT2D eigenvalue weighted by Crippen LogP contribution is -2.32. The molecule has 0 aliphatic rings. The van der Waals surface area contributed by atoms with E-state index in [0.29, 0.717) is 17.1 Å². The molecule has 1 heterocycles. The van der Waals surface area contributed by atoms with Gasteiger partial charge in [0, 0.05) is 16.8 Å². The zero-order valence-electron chi connectivity index (χ0n) is 16.4. The molecule has 0 aliphatic heterocycles.